The molecular formula is C12H13ClN2O. The van der Waals surface area contributed by atoms with E-state index in [4.69, 9.17) is 21.9 Å². The first-order valence-electron chi connectivity index (χ1n) is 5.13. The van der Waals surface area contributed by atoms with Crippen molar-refractivity contribution in [3.8, 4) is 11.3 Å². The number of rotatable bonds is 3. The molecule has 0 spiro atoms. The Bertz CT molecular complexity index is 476. The number of hydrogen-bond acceptors (Lipinski definition) is 3. The number of benzene rings is 1. The zero-order valence-corrected chi connectivity index (χ0v) is 9.79. The van der Waals surface area contributed by atoms with E-state index in [0.29, 0.717) is 18.0 Å². The molecule has 16 heavy (non-hydrogen) atoms. The third-order valence-electron chi connectivity index (χ3n) is 2.51. The highest BCUT2D eigenvalue weighted by Gasteiger charge is 2.12. The first-order valence-corrected chi connectivity index (χ1v) is 5.51. The van der Waals surface area contributed by atoms with Crippen molar-refractivity contribution >= 4 is 11.6 Å². The second kappa shape index (κ2) is 4.68. The number of aromatic nitrogens is 1. The summed E-state index contributed by atoms with van der Waals surface area (Å²) in [5.74, 6) is 0.854. The standard InChI is InChI=1S/C12H13ClN2O/c1-8-11(6-7-14)16-15-12(8)9-2-4-10(13)5-3-9/h2-5H,6-7,14H2,1H3. The smallest absolute Gasteiger partial charge is 0.141 e. The Balaban J connectivity index is 2.37. The molecule has 3 nitrogen and oxygen atoms in total. The Labute approximate surface area is 99.2 Å². The Morgan fingerprint density at radius 2 is 2.00 bits per heavy atom. The molecule has 84 valence electrons. The van der Waals surface area contributed by atoms with Crippen LogP contribution in [0.4, 0.5) is 0 Å². The lowest BCUT2D eigenvalue weighted by molar-refractivity contribution is 0.385. The van der Waals surface area contributed by atoms with Crippen LogP contribution in [0.2, 0.25) is 5.02 Å². The van der Waals surface area contributed by atoms with Crippen LogP contribution in [0.1, 0.15) is 11.3 Å². The summed E-state index contributed by atoms with van der Waals surface area (Å²) in [6, 6.07) is 7.54. The van der Waals surface area contributed by atoms with Gasteiger partial charge in [0.1, 0.15) is 11.5 Å². The molecule has 1 heterocycles. The van der Waals surface area contributed by atoms with Gasteiger partial charge in [0.2, 0.25) is 0 Å². The largest absolute Gasteiger partial charge is 0.360 e. The van der Waals surface area contributed by atoms with Crippen molar-refractivity contribution in [3.05, 3.63) is 40.6 Å². The minimum absolute atomic E-state index is 0.566. The summed E-state index contributed by atoms with van der Waals surface area (Å²) >= 11 is 5.83. The predicted octanol–water partition coefficient (Wildman–Crippen LogP) is 2.80. The van der Waals surface area contributed by atoms with Crippen molar-refractivity contribution in [2.24, 2.45) is 5.73 Å². The van der Waals surface area contributed by atoms with E-state index in [9.17, 15) is 0 Å². The second-order valence-electron chi connectivity index (χ2n) is 3.62. The van der Waals surface area contributed by atoms with Crippen molar-refractivity contribution in [2.75, 3.05) is 6.54 Å². The van der Waals surface area contributed by atoms with Crippen LogP contribution in [0.15, 0.2) is 28.8 Å². The molecule has 2 N–H and O–H groups in total. The molecule has 0 aliphatic carbocycles. The van der Waals surface area contributed by atoms with Crippen LogP contribution in [-0.4, -0.2) is 11.7 Å². The molecule has 0 saturated heterocycles. The lowest BCUT2D eigenvalue weighted by Gasteiger charge is -1.98. The first-order chi connectivity index (χ1) is 7.72. The maximum absolute atomic E-state index is 5.83. The molecule has 0 aliphatic rings. The fourth-order valence-electron chi connectivity index (χ4n) is 1.61. The van der Waals surface area contributed by atoms with Gasteiger partial charge in [-0.25, -0.2) is 0 Å². The molecule has 0 aliphatic heterocycles. The molecule has 0 saturated carbocycles. The van der Waals surface area contributed by atoms with Crippen LogP contribution in [0.5, 0.6) is 0 Å². The molecule has 2 rings (SSSR count). The van der Waals surface area contributed by atoms with Gasteiger partial charge in [0.05, 0.1) is 0 Å². The zero-order chi connectivity index (χ0) is 11.5. The van der Waals surface area contributed by atoms with Crippen LogP contribution in [0, 0.1) is 6.92 Å². The van der Waals surface area contributed by atoms with Crippen LogP contribution in [0.3, 0.4) is 0 Å². The maximum Gasteiger partial charge on any atom is 0.141 e. The van der Waals surface area contributed by atoms with E-state index in [1.807, 2.05) is 31.2 Å². The summed E-state index contributed by atoms with van der Waals surface area (Å²) in [5, 5.41) is 4.78. The van der Waals surface area contributed by atoms with Gasteiger partial charge in [-0.2, -0.15) is 0 Å². The number of nitrogens with zero attached hydrogens (tertiary/aromatic N) is 1. The lowest BCUT2D eigenvalue weighted by Crippen LogP contribution is -2.02. The van der Waals surface area contributed by atoms with E-state index in [1.165, 1.54) is 0 Å². The van der Waals surface area contributed by atoms with Crippen molar-refractivity contribution in [1.82, 2.24) is 5.16 Å². The highest BCUT2D eigenvalue weighted by Crippen LogP contribution is 2.25. The summed E-state index contributed by atoms with van der Waals surface area (Å²) < 4.78 is 5.26. The molecule has 2 aromatic rings. The van der Waals surface area contributed by atoms with Gasteiger partial charge >= 0.3 is 0 Å². The van der Waals surface area contributed by atoms with Crippen molar-refractivity contribution in [1.29, 1.82) is 0 Å². The molecule has 0 radical (unpaired) electrons. The minimum Gasteiger partial charge on any atom is -0.360 e. The van der Waals surface area contributed by atoms with Gasteiger partial charge in [-0.3, -0.25) is 0 Å². The van der Waals surface area contributed by atoms with Crippen LogP contribution >= 0.6 is 11.6 Å². The molecule has 1 aromatic carbocycles. The molecular weight excluding hydrogens is 224 g/mol. The normalized spacial score (nSPS) is 10.7. The molecule has 0 bridgehead atoms. The van der Waals surface area contributed by atoms with Gasteiger partial charge < -0.3 is 10.3 Å². The van der Waals surface area contributed by atoms with Crippen molar-refractivity contribution in [3.63, 3.8) is 0 Å². The average Bonchev–Trinajstić information content (AvgIpc) is 2.63. The fourth-order valence-corrected chi connectivity index (χ4v) is 1.74. The quantitative estimate of drug-likeness (QED) is 0.892. The van der Waals surface area contributed by atoms with Gasteiger partial charge in [0.15, 0.2) is 0 Å². The molecule has 0 unspecified atom stereocenters. The van der Waals surface area contributed by atoms with Gasteiger partial charge in [-0.1, -0.05) is 28.9 Å². The van der Waals surface area contributed by atoms with Gasteiger partial charge in [0.25, 0.3) is 0 Å². The van der Waals surface area contributed by atoms with Gasteiger partial charge in [-0.05, 0) is 25.6 Å². The highest BCUT2D eigenvalue weighted by molar-refractivity contribution is 6.30. The summed E-state index contributed by atoms with van der Waals surface area (Å²) in [5.41, 5.74) is 8.41. The monoisotopic (exact) mass is 236 g/mol. The maximum atomic E-state index is 5.83. The number of halogens is 1. The van der Waals surface area contributed by atoms with E-state index in [0.717, 1.165) is 22.6 Å². The van der Waals surface area contributed by atoms with Gasteiger partial charge in [0, 0.05) is 22.6 Å². The van der Waals surface area contributed by atoms with Crippen LogP contribution in [0.25, 0.3) is 11.3 Å². The summed E-state index contributed by atoms with van der Waals surface area (Å²) in [7, 11) is 0. The molecule has 4 heteroatoms. The summed E-state index contributed by atoms with van der Waals surface area (Å²) in [6.07, 6.45) is 0.715. The Morgan fingerprint density at radius 3 is 2.62 bits per heavy atom. The Morgan fingerprint density at radius 1 is 1.31 bits per heavy atom. The fraction of sp³-hybridized carbons (Fsp3) is 0.250. The average molecular weight is 237 g/mol. The minimum atomic E-state index is 0.566. The molecule has 0 atom stereocenters. The third kappa shape index (κ3) is 2.10. The number of nitrogens with two attached hydrogens (primary N) is 1. The predicted molar refractivity (Wildman–Crippen MR) is 64.4 cm³/mol. The molecule has 1 aromatic heterocycles. The summed E-state index contributed by atoms with van der Waals surface area (Å²) in [6.45, 7) is 2.56. The highest BCUT2D eigenvalue weighted by atomic mass is 35.5. The second-order valence-corrected chi connectivity index (χ2v) is 4.06. The summed E-state index contributed by atoms with van der Waals surface area (Å²) in [4.78, 5) is 0. The third-order valence-corrected chi connectivity index (χ3v) is 2.76. The van der Waals surface area contributed by atoms with E-state index in [1.54, 1.807) is 0 Å². The topological polar surface area (TPSA) is 52.0 Å². The lowest BCUT2D eigenvalue weighted by atomic mass is 10.1. The molecule has 0 fully saturated rings. The van der Waals surface area contributed by atoms with E-state index < -0.39 is 0 Å². The van der Waals surface area contributed by atoms with Crippen LogP contribution in [-0.2, 0) is 6.42 Å². The SMILES string of the molecule is Cc1c(-c2ccc(Cl)cc2)noc1CCN. The number of hydrogen-bond donors (Lipinski definition) is 1. The Hall–Kier alpha value is -1.32. The van der Waals surface area contributed by atoms with E-state index >= 15 is 0 Å². The van der Waals surface area contributed by atoms with E-state index in [-0.39, 0.29) is 0 Å². The van der Waals surface area contributed by atoms with Crippen LogP contribution < -0.4 is 5.73 Å². The first kappa shape index (κ1) is 11.2. The Kier molecular flexibility index (Phi) is 3.27. The zero-order valence-electron chi connectivity index (χ0n) is 9.03. The molecule has 0 amide bonds. The van der Waals surface area contributed by atoms with Gasteiger partial charge in [-0.15, -0.1) is 0 Å². The van der Waals surface area contributed by atoms with Crippen molar-refractivity contribution < 1.29 is 4.52 Å². The van der Waals surface area contributed by atoms with Crippen molar-refractivity contribution in [2.45, 2.75) is 13.3 Å². The van der Waals surface area contributed by atoms with E-state index in [2.05, 4.69) is 5.16 Å².